The second-order valence-corrected chi connectivity index (χ2v) is 4.74. The molecule has 0 aliphatic rings. The smallest absolute Gasteiger partial charge is 0.0597 e. The summed E-state index contributed by atoms with van der Waals surface area (Å²) >= 11 is 0. The molecule has 0 aliphatic carbocycles. The van der Waals surface area contributed by atoms with Crippen molar-refractivity contribution in [1.29, 1.82) is 0 Å². The molecule has 0 spiro atoms. The standard InChI is InChI=1S/C13H25N3O/c1-5-16-13(8-12(4)15-16)9-14-6-7-17-10-11(2)3/h8,11,14H,5-7,9-10H2,1-4H3. The maximum Gasteiger partial charge on any atom is 0.0597 e. The van der Waals surface area contributed by atoms with Crippen molar-refractivity contribution in [3.8, 4) is 0 Å². The number of ether oxygens (including phenoxy) is 1. The van der Waals surface area contributed by atoms with Crippen molar-refractivity contribution in [1.82, 2.24) is 15.1 Å². The minimum Gasteiger partial charge on any atom is -0.380 e. The van der Waals surface area contributed by atoms with E-state index >= 15 is 0 Å². The SMILES string of the molecule is CCn1nc(C)cc1CNCCOCC(C)C. The summed E-state index contributed by atoms with van der Waals surface area (Å²) < 4.78 is 7.55. The molecule has 1 aromatic rings. The zero-order chi connectivity index (χ0) is 12.7. The van der Waals surface area contributed by atoms with E-state index in [0.717, 1.165) is 38.5 Å². The van der Waals surface area contributed by atoms with Crippen molar-refractivity contribution in [3.05, 3.63) is 17.5 Å². The summed E-state index contributed by atoms with van der Waals surface area (Å²) in [5.74, 6) is 0.610. The topological polar surface area (TPSA) is 39.1 Å². The van der Waals surface area contributed by atoms with Crippen LogP contribution in [0, 0.1) is 12.8 Å². The molecule has 4 nitrogen and oxygen atoms in total. The molecular formula is C13H25N3O. The molecule has 1 heterocycles. The Kier molecular flexibility index (Phi) is 6.22. The van der Waals surface area contributed by atoms with Crippen LogP contribution in [0.15, 0.2) is 6.07 Å². The lowest BCUT2D eigenvalue weighted by Gasteiger charge is -2.08. The Balaban J connectivity index is 2.17. The predicted octanol–water partition coefficient (Wildman–Crippen LogP) is 1.97. The number of nitrogens with zero attached hydrogens (tertiary/aromatic N) is 2. The largest absolute Gasteiger partial charge is 0.380 e. The first kappa shape index (κ1) is 14.2. The third kappa shape index (κ3) is 5.33. The molecular weight excluding hydrogens is 214 g/mol. The van der Waals surface area contributed by atoms with Gasteiger partial charge in [0.2, 0.25) is 0 Å². The van der Waals surface area contributed by atoms with Gasteiger partial charge >= 0.3 is 0 Å². The van der Waals surface area contributed by atoms with Gasteiger partial charge in [0.05, 0.1) is 18.0 Å². The van der Waals surface area contributed by atoms with Crippen molar-refractivity contribution in [2.24, 2.45) is 5.92 Å². The van der Waals surface area contributed by atoms with Gasteiger partial charge in [-0.25, -0.2) is 0 Å². The Labute approximate surface area is 104 Å². The van der Waals surface area contributed by atoms with E-state index < -0.39 is 0 Å². The molecule has 0 radical (unpaired) electrons. The molecule has 4 heteroatoms. The van der Waals surface area contributed by atoms with Crippen LogP contribution in [0.3, 0.4) is 0 Å². The molecule has 1 rings (SSSR count). The first-order chi connectivity index (χ1) is 8.13. The summed E-state index contributed by atoms with van der Waals surface area (Å²) in [5, 5.41) is 7.79. The molecule has 98 valence electrons. The van der Waals surface area contributed by atoms with Crippen LogP contribution >= 0.6 is 0 Å². The normalized spacial score (nSPS) is 11.4. The molecule has 0 saturated heterocycles. The Hall–Kier alpha value is -0.870. The first-order valence-corrected chi connectivity index (χ1v) is 6.45. The molecule has 17 heavy (non-hydrogen) atoms. The van der Waals surface area contributed by atoms with E-state index in [1.54, 1.807) is 0 Å². The van der Waals surface area contributed by atoms with Gasteiger partial charge in [0, 0.05) is 26.2 Å². The molecule has 0 atom stereocenters. The molecule has 0 aromatic carbocycles. The fraction of sp³-hybridized carbons (Fsp3) is 0.769. The van der Waals surface area contributed by atoms with E-state index in [4.69, 9.17) is 4.74 Å². The van der Waals surface area contributed by atoms with E-state index in [1.807, 2.05) is 11.6 Å². The van der Waals surface area contributed by atoms with Gasteiger partial charge in [0.1, 0.15) is 0 Å². The van der Waals surface area contributed by atoms with Crippen LogP contribution in [0.2, 0.25) is 0 Å². The van der Waals surface area contributed by atoms with Gasteiger partial charge in [-0.05, 0) is 25.8 Å². The zero-order valence-electron chi connectivity index (χ0n) is 11.5. The summed E-state index contributed by atoms with van der Waals surface area (Å²) in [6.45, 7) is 12.8. The van der Waals surface area contributed by atoms with E-state index in [1.165, 1.54) is 5.69 Å². The second kappa shape index (κ2) is 7.45. The van der Waals surface area contributed by atoms with Crippen LogP contribution in [0.5, 0.6) is 0 Å². The fourth-order valence-electron chi connectivity index (χ4n) is 1.70. The lowest BCUT2D eigenvalue weighted by molar-refractivity contribution is 0.111. The van der Waals surface area contributed by atoms with Crippen molar-refractivity contribution in [2.45, 2.75) is 40.8 Å². The van der Waals surface area contributed by atoms with Crippen LogP contribution in [0.4, 0.5) is 0 Å². The number of aryl methyl sites for hydroxylation is 2. The number of nitrogens with one attached hydrogen (secondary N) is 1. The highest BCUT2D eigenvalue weighted by Crippen LogP contribution is 2.02. The van der Waals surface area contributed by atoms with E-state index in [9.17, 15) is 0 Å². The molecule has 0 fully saturated rings. The molecule has 0 unspecified atom stereocenters. The lowest BCUT2D eigenvalue weighted by Crippen LogP contribution is -2.21. The van der Waals surface area contributed by atoms with Crippen LogP contribution in [0.1, 0.15) is 32.2 Å². The maximum atomic E-state index is 5.51. The minimum absolute atomic E-state index is 0.610. The third-order valence-electron chi connectivity index (χ3n) is 2.47. The summed E-state index contributed by atoms with van der Waals surface area (Å²) in [5.41, 5.74) is 2.33. The minimum atomic E-state index is 0.610. The van der Waals surface area contributed by atoms with Gasteiger partial charge in [-0.3, -0.25) is 4.68 Å². The quantitative estimate of drug-likeness (QED) is 0.705. The highest BCUT2D eigenvalue weighted by Gasteiger charge is 2.02. The van der Waals surface area contributed by atoms with Crippen molar-refractivity contribution in [3.63, 3.8) is 0 Å². The monoisotopic (exact) mass is 239 g/mol. The van der Waals surface area contributed by atoms with Crippen LogP contribution in [-0.2, 0) is 17.8 Å². The zero-order valence-corrected chi connectivity index (χ0v) is 11.5. The first-order valence-electron chi connectivity index (χ1n) is 6.45. The van der Waals surface area contributed by atoms with Gasteiger partial charge in [-0.2, -0.15) is 5.10 Å². The molecule has 1 aromatic heterocycles. The van der Waals surface area contributed by atoms with E-state index in [-0.39, 0.29) is 0 Å². The van der Waals surface area contributed by atoms with Crippen LogP contribution < -0.4 is 5.32 Å². The molecule has 0 amide bonds. The molecule has 1 N–H and O–H groups in total. The maximum absolute atomic E-state index is 5.51. The van der Waals surface area contributed by atoms with Gasteiger partial charge < -0.3 is 10.1 Å². The summed E-state index contributed by atoms with van der Waals surface area (Å²) in [6.07, 6.45) is 0. The Morgan fingerprint density at radius 2 is 2.24 bits per heavy atom. The third-order valence-corrected chi connectivity index (χ3v) is 2.47. The van der Waals surface area contributed by atoms with Gasteiger partial charge in [-0.15, -0.1) is 0 Å². The number of hydrogen-bond donors (Lipinski definition) is 1. The van der Waals surface area contributed by atoms with Crippen LogP contribution in [-0.4, -0.2) is 29.5 Å². The van der Waals surface area contributed by atoms with Gasteiger partial charge in [0.15, 0.2) is 0 Å². The Morgan fingerprint density at radius 1 is 1.47 bits per heavy atom. The van der Waals surface area contributed by atoms with E-state index in [0.29, 0.717) is 5.92 Å². The highest BCUT2D eigenvalue weighted by molar-refractivity contribution is 5.08. The van der Waals surface area contributed by atoms with Crippen LogP contribution in [0.25, 0.3) is 0 Å². The van der Waals surface area contributed by atoms with Crippen molar-refractivity contribution in [2.75, 3.05) is 19.8 Å². The summed E-state index contributed by atoms with van der Waals surface area (Å²) in [4.78, 5) is 0. The van der Waals surface area contributed by atoms with Gasteiger partial charge in [0.25, 0.3) is 0 Å². The van der Waals surface area contributed by atoms with Crippen molar-refractivity contribution >= 4 is 0 Å². The summed E-state index contributed by atoms with van der Waals surface area (Å²) in [7, 11) is 0. The predicted molar refractivity (Wildman–Crippen MR) is 70.0 cm³/mol. The highest BCUT2D eigenvalue weighted by atomic mass is 16.5. The van der Waals surface area contributed by atoms with Crippen molar-refractivity contribution < 1.29 is 4.74 Å². The second-order valence-electron chi connectivity index (χ2n) is 4.74. The molecule has 0 aliphatic heterocycles. The Morgan fingerprint density at radius 3 is 2.88 bits per heavy atom. The average Bonchev–Trinajstić information content (AvgIpc) is 2.63. The summed E-state index contributed by atoms with van der Waals surface area (Å²) in [6, 6.07) is 2.13. The number of aromatic nitrogens is 2. The molecule has 0 bridgehead atoms. The average molecular weight is 239 g/mol. The number of rotatable bonds is 8. The van der Waals surface area contributed by atoms with Gasteiger partial charge in [-0.1, -0.05) is 13.8 Å². The Bertz CT molecular complexity index is 320. The van der Waals surface area contributed by atoms with E-state index in [2.05, 4.69) is 37.3 Å². The number of hydrogen-bond acceptors (Lipinski definition) is 3. The molecule has 0 saturated carbocycles. The fourth-order valence-corrected chi connectivity index (χ4v) is 1.70. The lowest BCUT2D eigenvalue weighted by atomic mass is 10.2.